The van der Waals surface area contributed by atoms with Crippen molar-refractivity contribution in [3.8, 4) is 5.88 Å². The number of ether oxygens (including phenoxy) is 2. The Morgan fingerprint density at radius 2 is 2.19 bits per heavy atom. The summed E-state index contributed by atoms with van der Waals surface area (Å²) in [5.41, 5.74) is 0. The Balaban J connectivity index is 2.20. The number of nitrogens with zero attached hydrogens (tertiary/aromatic N) is 2. The Hall–Kier alpha value is -2.37. The molecule has 2 aromatic rings. The maximum Gasteiger partial charge on any atom is 0.508 e. The zero-order valence-electron chi connectivity index (χ0n) is 8.16. The fourth-order valence-electron chi connectivity index (χ4n) is 1.24. The minimum Gasteiger partial charge on any atom is -0.450 e. The van der Waals surface area contributed by atoms with Crippen LogP contribution < -0.4 is 4.74 Å². The Kier molecular flexibility index (Phi) is 2.81. The summed E-state index contributed by atoms with van der Waals surface area (Å²) in [6.45, 7) is -0.405. The van der Waals surface area contributed by atoms with E-state index in [-0.39, 0.29) is 5.88 Å². The molecule has 1 heterocycles. The topological polar surface area (TPSA) is 81.5 Å². The smallest absolute Gasteiger partial charge is 0.450 e. The van der Waals surface area contributed by atoms with E-state index in [4.69, 9.17) is 9.84 Å². The second kappa shape index (κ2) is 4.43. The standard InChI is InChI=1S/C10H8N2O4/c13-10(14)16-6-15-9-8-4-2-1-3-7(8)5-11-12-9/h1-5H,6H2,(H,13,14). The summed E-state index contributed by atoms with van der Waals surface area (Å²) in [5, 5.41) is 17.4. The molecule has 0 saturated heterocycles. The molecule has 0 saturated carbocycles. The van der Waals surface area contributed by atoms with Gasteiger partial charge in [0.15, 0.2) is 0 Å². The van der Waals surface area contributed by atoms with Crippen LogP contribution in [0.3, 0.4) is 0 Å². The van der Waals surface area contributed by atoms with Gasteiger partial charge in [-0.15, -0.1) is 5.10 Å². The molecular weight excluding hydrogens is 212 g/mol. The molecule has 82 valence electrons. The number of carboxylic acid groups (broad SMARTS) is 1. The van der Waals surface area contributed by atoms with Crippen LogP contribution in [0.25, 0.3) is 10.8 Å². The van der Waals surface area contributed by atoms with Crippen molar-refractivity contribution >= 4 is 16.9 Å². The van der Waals surface area contributed by atoms with Gasteiger partial charge >= 0.3 is 6.16 Å². The first kappa shape index (κ1) is 10.2. The molecule has 0 radical (unpaired) electrons. The van der Waals surface area contributed by atoms with Crippen LogP contribution in [0.1, 0.15) is 0 Å². The Morgan fingerprint density at radius 3 is 3.00 bits per heavy atom. The molecule has 0 aliphatic rings. The highest BCUT2D eigenvalue weighted by Crippen LogP contribution is 2.20. The van der Waals surface area contributed by atoms with Gasteiger partial charge in [-0.25, -0.2) is 4.79 Å². The number of carbonyl (C=O) groups is 1. The molecule has 1 aromatic heterocycles. The Labute approximate surface area is 90.4 Å². The van der Waals surface area contributed by atoms with Crippen LogP contribution >= 0.6 is 0 Å². The van der Waals surface area contributed by atoms with Crippen LogP contribution in [-0.4, -0.2) is 28.3 Å². The van der Waals surface area contributed by atoms with Gasteiger partial charge in [-0.2, -0.15) is 5.10 Å². The Morgan fingerprint density at radius 1 is 1.38 bits per heavy atom. The first-order valence-electron chi connectivity index (χ1n) is 4.46. The zero-order valence-corrected chi connectivity index (χ0v) is 8.16. The molecule has 6 heteroatoms. The van der Waals surface area contributed by atoms with Gasteiger partial charge in [0, 0.05) is 10.8 Å². The van der Waals surface area contributed by atoms with Crippen molar-refractivity contribution in [1.29, 1.82) is 0 Å². The fourth-order valence-corrected chi connectivity index (χ4v) is 1.24. The number of benzene rings is 1. The average Bonchev–Trinajstić information content (AvgIpc) is 2.29. The van der Waals surface area contributed by atoms with Gasteiger partial charge in [-0.3, -0.25) is 0 Å². The molecule has 0 unspecified atom stereocenters. The minimum absolute atomic E-state index is 0.249. The zero-order chi connectivity index (χ0) is 11.4. The van der Waals surface area contributed by atoms with Gasteiger partial charge in [0.25, 0.3) is 0 Å². The summed E-state index contributed by atoms with van der Waals surface area (Å²) in [6.07, 6.45) is 0.202. The van der Waals surface area contributed by atoms with Gasteiger partial charge in [-0.1, -0.05) is 18.2 Å². The summed E-state index contributed by atoms with van der Waals surface area (Å²) in [6, 6.07) is 7.35. The second-order valence-corrected chi connectivity index (χ2v) is 2.91. The van der Waals surface area contributed by atoms with E-state index in [1.807, 2.05) is 18.2 Å². The third kappa shape index (κ3) is 2.17. The van der Waals surface area contributed by atoms with Crippen LogP contribution in [0.15, 0.2) is 30.5 Å². The van der Waals surface area contributed by atoms with Crippen LogP contribution in [0.2, 0.25) is 0 Å². The van der Waals surface area contributed by atoms with E-state index < -0.39 is 12.9 Å². The lowest BCUT2D eigenvalue weighted by atomic mass is 10.2. The van der Waals surface area contributed by atoms with Gasteiger partial charge < -0.3 is 14.6 Å². The highest BCUT2D eigenvalue weighted by molar-refractivity contribution is 5.85. The first-order valence-corrected chi connectivity index (χ1v) is 4.46. The van der Waals surface area contributed by atoms with E-state index in [9.17, 15) is 4.79 Å². The van der Waals surface area contributed by atoms with Gasteiger partial charge in [0.1, 0.15) is 0 Å². The van der Waals surface area contributed by atoms with Crippen molar-refractivity contribution in [1.82, 2.24) is 10.2 Å². The SMILES string of the molecule is O=C(O)OCOc1nncc2ccccc12. The number of fused-ring (bicyclic) bond motifs is 1. The third-order valence-corrected chi connectivity index (χ3v) is 1.91. The lowest BCUT2D eigenvalue weighted by molar-refractivity contribution is 0.0244. The first-order chi connectivity index (χ1) is 7.77. The quantitative estimate of drug-likeness (QED) is 0.625. The maximum absolute atomic E-state index is 10.1. The molecule has 1 aromatic carbocycles. The van der Waals surface area contributed by atoms with E-state index in [2.05, 4.69) is 14.9 Å². The summed E-state index contributed by atoms with van der Waals surface area (Å²) in [7, 11) is 0. The van der Waals surface area contributed by atoms with Gasteiger partial charge in [0.05, 0.1) is 6.20 Å². The van der Waals surface area contributed by atoms with E-state index in [0.717, 1.165) is 10.8 Å². The normalized spacial score (nSPS) is 10.0. The van der Waals surface area contributed by atoms with E-state index in [1.165, 1.54) is 0 Å². The molecule has 16 heavy (non-hydrogen) atoms. The number of hydrogen-bond acceptors (Lipinski definition) is 5. The molecule has 0 aliphatic carbocycles. The van der Waals surface area contributed by atoms with Crippen molar-refractivity contribution in [2.75, 3.05) is 6.79 Å². The van der Waals surface area contributed by atoms with Crippen LogP contribution in [0, 0.1) is 0 Å². The molecule has 0 amide bonds. The highest BCUT2D eigenvalue weighted by atomic mass is 16.7. The summed E-state index contributed by atoms with van der Waals surface area (Å²) in [4.78, 5) is 10.1. The lowest BCUT2D eigenvalue weighted by Crippen LogP contribution is -2.08. The molecule has 0 bridgehead atoms. The van der Waals surface area contributed by atoms with Gasteiger partial charge in [-0.05, 0) is 6.07 Å². The molecule has 6 nitrogen and oxygen atoms in total. The molecule has 0 spiro atoms. The predicted octanol–water partition coefficient (Wildman–Crippen LogP) is 1.66. The molecule has 2 rings (SSSR count). The second-order valence-electron chi connectivity index (χ2n) is 2.91. The van der Waals surface area contributed by atoms with Crippen LogP contribution in [0.4, 0.5) is 4.79 Å². The van der Waals surface area contributed by atoms with Gasteiger partial charge in [0.2, 0.25) is 12.7 Å². The van der Waals surface area contributed by atoms with E-state index >= 15 is 0 Å². The lowest BCUT2D eigenvalue weighted by Gasteiger charge is -2.05. The summed E-state index contributed by atoms with van der Waals surface area (Å²) >= 11 is 0. The van der Waals surface area contributed by atoms with Crippen LogP contribution in [0.5, 0.6) is 5.88 Å². The van der Waals surface area contributed by atoms with Crippen molar-refractivity contribution < 1.29 is 19.4 Å². The number of hydrogen-bond donors (Lipinski definition) is 1. The number of aromatic nitrogens is 2. The molecular formula is C10H8N2O4. The predicted molar refractivity (Wildman–Crippen MR) is 54.1 cm³/mol. The highest BCUT2D eigenvalue weighted by Gasteiger charge is 2.04. The summed E-state index contributed by atoms with van der Waals surface area (Å²) < 4.78 is 9.27. The van der Waals surface area contributed by atoms with Crippen molar-refractivity contribution in [2.45, 2.75) is 0 Å². The third-order valence-electron chi connectivity index (χ3n) is 1.91. The molecule has 0 aliphatic heterocycles. The van der Waals surface area contributed by atoms with Crippen molar-refractivity contribution in [3.63, 3.8) is 0 Å². The number of rotatable bonds is 3. The van der Waals surface area contributed by atoms with E-state index in [0.29, 0.717) is 0 Å². The molecule has 1 N–H and O–H groups in total. The fraction of sp³-hybridized carbons (Fsp3) is 0.100. The average molecular weight is 220 g/mol. The maximum atomic E-state index is 10.1. The van der Waals surface area contributed by atoms with Crippen molar-refractivity contribution in [3.05, 3.63) is 30.5 Å². The Bertz CT molecular complexity index is 510. The monoisotopic (exact) mass is 220 g/mol. The van der Waals surface area contributed by atoms with E-state index in [1.54, 1.807) is 12.3 Å². The largest absolute Gasteiger partial charge is 0.508 e. The molecule has 0 atom stereocenters. The minimum atomic E-state index is -1.40. The van der Waals surface area contributed by atoms with Crippen LogP contribution in [-0.2, 0) is 4.74 Å². The summed E-state index contributed by atoms with van der Waals surface area (Å²) in [5.74, 6) is 0.249. The van der Waals surface area contributed by atoms with Crippen molar-refractivity contribution in [2.24, 2.45) is 0 Å². The molecule has 0 fully saturated rings.